The van der Waals surface area contributed by atoms with Crippen molar-refractivity contribution in [1.82, 2.24) is 0 Å². The Labute approximate surface area is 235 Å². The van der Waals surface area contributed by atoms with Crippen LogP contribution in [-0.4, -0.2) is 0 Å². The largest absolute Gasteiger partial charge is 0.455 e. The predicted octanol–water partition coefficient (Wildman–Crippen LogP) is 10.9. The van der Waals surface area contributed by atoms with E-state index in [1.807, 2.05) is 84.9 Å². The fourth-order valence-electron chi connectivity index (χ4n) is 5.80. The second kappa shape index (κ2) is 8.72. The van der Waals surface area contributed by atoms with E-state index in [0.29, 0.717) is 11.1 Å². The number of rotatable bonds is 3. The Balaban J connectivity index is 1.64. The molecule has 0 aliphatic carbocycles. The van der Waals surface area contributed by atoms with Crippen LogP contribution in [0.1, 0.15) is 8.22 Å². The molecule has 0 aliphatic rings. The van der Waals surface area contributed by atoms with E-state index < -0.39 is 12.1 Å². The van der Waals surface area contributed by atoms with Gasteiger partial charge in [-0.25, -0.2) is 0 Å². The summed E-state index contributed by atoms with van der Waals surface area (Å²) in [5, 5.41) is 4.17. The highest BCUT2D eigenvalue weighted by atomic mass is 16.3. The second-order valence-electron chi connectivity index (χ2n) is 9.58. The van der Waals surface area contributed by atoms with Crippen molar-refractivity contribution in [3.63, 3.8) is 0 Å². The average Bonchev–Trinajstić information content (AvgIpc) is 3.48. The third-order valence-electron chi connectivity index (χ3n) is 7.43. The number of para-hydroxylation sites is 1. The van der Waals surface area contributed by atoms with Gasteiger partial charge in [0.1, 0.15) is 11.2 Å². The van der Waals surface area contributed by atoms with Crippen molar-refractivity contribution in [3.05, 3.63) is 145 Å². The normalized spacial score (nSPS) is 13.7. The highest BCUT2D eigenvalue weighted by molar-refractivity contribution is 6.24. The van der Waals surface area contributed by atoms with Crippen LogP contribution < -0.4 is 0 Å². The number of hydrogen-bond acceptors (Lipinski definition) is 1. The van der Waals surface area contributed by atoms with Gasteiger partial charge in [0.15, 0.2) is 0 Å². The first-order chi connectivity index (χ1) is 21.9. The zero-order chi connectivity index (χ0) is 31.0. The van der Waals surface area contributed by atoms with Gasteiger partial charge in [-0.3, -0.25) is 0 Å². The number of furan rings is 1. The molecule has 8 aromatic rings. The minimum atomic E-state index is -0.404. The molecule has 0 unspecified atom stereocenters. The fraction of sp³-hybridized carbons (Fsp3) is 0. The first-order valence-electron chi connectivity index (χ1n) is 15.9. The molecule has 0 spiro atoms. The Kier molecular flexibility index (Phi) is 3.72. The van der Waals surface area contributed by atoms with Crippen molar-refractivity contribution in [3.8, 4) is 33.4 Å². The van der Waals surface area contributed by atoms with Crippen LogP contribution in [0, 0.1) is 0 Å². The SMILES string of the molecule is [2H]c1c([2H])c([2H])c2c(oc3c(-c4ccccc4)c(-c4c5ccccc5c(-c5ccccc5)c5ccccc45)c([2H])c([2H])c32)c1[2H]. The number of benzene rings is 7. The molecule has 1 heterocycles. The summed E-state index contributed by atoms with van der Waals surface area (Å²) in [4.78, 5) is 0. The zero-order valence-electron chi connectivity index (χ0n) is 26.8. The molecule has 0 aliphatic heterocycles. The van der Waals surface area contributed by atoms with E-state index in [-0.39, 0.29) is 46.1 Å². The van der Waals surface area contributed by atoms with E-state index in [2.05, 4.69) is 24.3 Å². The van der Waals surface area contributed by atoms with Crippen molar-refractivity contribution in [1.29, 1.82) is 0 Å². The van der Waals surface area contributed by atoms with Crippen LogP contribution in [0.25, 0.3) is 76.9 Å². The first-order valence-corrected chi connectivity index (χ1v) is 12.9. The van der Waals surface area contributed by atoms with Crippen LogP contribution in [0.3, 0.4) is 0 Å². The average molecular weight is 503 g/mol. The van der Waals surface area contributed by atoms with Crippen LogP contribution >= 0.6 is 0 Å². The number of fused-ring (bicyclic) bond motifs is 5. The van der Waals surface area contributed by atoms with Gasteiger partial charge in [-0.15, -0.1) is 0 Å². The molecule has 0 N–H and O–H groups in total. The molecule has 0 saturated carbocycles. The van der Waals surface area contributed by atoms with Crippen LogP contribution in [0.15, 0.2) is 150 Å². The topological polar surface area (TPSA) is 13.1 Å². The monoisotopic (exact) mass is 502 g/mol. The molecule has 39 heavy (non-hydrogen) atoms. The summed E-state index contributed by atoms with van der Waals surface area (Å²) in [5.74, 6) is 0. The van der Waals surface area contributed by atoms with Gasteiger partial charge in [0, 0.05) is 16.3 Å². The van der Waals surface area contributed by atoms with Gasteiger partial charge >= 0.3 is 0 Å². The van der Waals surface area contributed by atoms with Gasteiger partial charge in [-0.05, 0) is 61.4 Å². The quantitative estimate of drug-likeness (QED) is 0.219. The van der Waals surface area contributed by atoms with Crippen molar-refractivity contribution < 1.29 is 12.6 Å². The lowest BCUT2D eigenvalue weighted by Gasteiger charge is -2.20. The summed E-state index contributed by atoms with van der Waals surface area (Å²) in [6.45, 7) is 0. The molecule has 0 saturated heterocycles. The molecule has 0 fully saturated rings. The summed E-state index contributed by atoms with van der Waals surface area (Å²) in [7, 11) is 0. The summed E-state index contributed by atoms with van der Waals surface area (Å²) in [6.07, 6.45) is 0. The molecule has 0 atom stereocenters. The van der Waals surface area contributed by atoms with Gasteiger partial charge < -0.3 is 4.42 Å². The third kappa shape index (κ3) is 3.34. The molecular weight excluding hydrogens is 472 g/mol. The number of hydrogen-bond donors (Lipinski definition) is 0. The van der Waals surface area contributed by atoms with Crippen molar-refractivity contribution in [2.45, 2.75) is 0 Å². The molecule has 0 bridgehead atoms. The third-order valence-corrected chi connectivity index (χ3v) is 7.43. The van der Waals surface area contributed by atoms with Crippen molar-refractivity contribution in [2.75, 3.05) is 0 Å². The molecular formula is C38H24O. The van der Waals surface area contributed by atoms with E-state index in [0.717, 1.165) is 43.8 Å². The van der Waals surface area contributed by atoms with E-state index in [1.165, 1.54) is 0 Å². The van der Waals surface area contributed by atoms with E-state index in [9.17, 15) is 2.74 Å². The Morgan fingerprint density at radius 1 is 0.410 bits per heavy atom. The Bertz CT molecular complexity index is 2430. The summed E-state index contributed by atoms with van der Waals surface area (Å²) < 4.78 is 59.2. The Hall–Kier alpha value is -5.14. The van der Waals surface area contributed by atoms with Gasteiger partial charge in [-0.1, -0.05) is 133 Å². The molecule has 1 nitrogen and oxygen atoms in total. The minimum Gasteiger partial charge on any atom is -0.455 e. The lowest BCUT2D eigenvalue weighted by atomic mass is 9.83. The van der Waals surface area contributed by atoms with E-state index >= 15 is 0 Å². The minimum absolute atomic E-state index is 0.0210. The summed E-state index contributed by atoms with van der Waals surface area (Å²) in [6, 6.07) is 34.4. The Morgan fingerprint density at radius 2 is 0.923 bits per heavy atom. The maximum atomic E-state index is 9.59. The van der Waals surface area contributed by atoms with Crippen molar-refractivity contribution >= 4 is 43.5 Å². The van der Waals surface area contributed by atoms with Crippen LogP contribution in [0.2, 0.25) is 0 Å². The maximum absolute atomic E-state index is 9.59. The van der Waals surface area contributed by atoms with E-state index in [1.54, 1.807) is 0 Å². The van der Waals surface area contributed by atoms with Gasteiger partial charge in [0.05, 0.1) is 8.22 Å². The second-order valence-corrected chi connectivity index (χ2v) is 9.58. The van der Waals surface area contributed by atoms with Crippen LogP contribution in [0.4, 0.5) is 0 Å². The van der Waals surface area contributed by atoms with E-state index in [4.69, 9.17) is 9.90 Å². The summed E-state index contributed by atoms with van der Waals surface area (Å²) >= 11 is 0. The lowest BCUT2D eigenvalue weighted by molar-refractivity contribution is 0.670. The standard InChI is InChI=1S/C38H24O/c1-3-13-25(14-4-1)35-28-18-7-9-20-30(28)37(31-21-10-8-19-29(31)35)33-24-23-32-27-17-11-12-22-34(27)39-38(32)36(33)26-15-5-2-6-16-26/h1-24H/i11D,12D,17D,22D,23D,24D. The molecule has 0 radical (unpaired) electrons. The fourth-order valence-corrected chi connectivity index (χ4v) is 5.80. The highest BCUT2D eigenvalue weighted by Crippen LogP contribution is 2.48. The van der Waals surface area contributed by atoms with Crippen LogP contribution in [0.5, 0.6) is 0 Å². The summed E-state index contributed by atoms with van der Waals surface area (Å²) in [5.41, 5.74) is 5.02. The van der Waals surface area contributed by atoms with Crippen molar-refractivity contribution in [2.24, 2.45) is 0 Å². The first kappa shape index (κ1) is 16.7. The van der Waals surface area contributed by atoms with Gasteiger partial charge in [-0.2, -0.15) is 0 Å². The molecule has 1 heteroatoms. The molecule has 0 amide bonds. The van der Waals surface area contributed by atoms with Gasteiger partial charge in [0.25, 0.3) is 0 Å². The predicted molar refractivity (Wildman–Crippen MR) is 165 cm³/mol. The molecule has 182 valence electrons. The lowest BCUT2D eigenvalue weighted by Crippen LogP contribution is -1.93. The molecule has 1 aromatic heterocycles. The maximum Gasteiger partial charge on any atom is 0.143 e. The molecule has 7 aromatic carbocycles. The highest BCUT2D eigenvalue weighted by Gasteiger charge is 2.22. The van der Waals surface area contributed by atoms with Crippen LogP contribution in [-0.2, 0) is 0 Å². The van der Waals surface area contributed by atoms with Gasteiger partial charge in [0.2, 0.25) is 0 Å². The molecule has 8 rings (SSSR count). The smallest absolute Gasteiger partial charge is 0.143 e. The zero-order valence-corrected chi connectivity index (χ0v) is 20.8. The Morgan fingerprint density at radius 3 is 1.54 bits per heavy atom.